The van der Waals surface area contributed by atoms with Crippen LogP contribution in [0.15, 0.2) is 47.9 Å². The normalized spacial score (nSPS) is 15.8. The number of halogens is 3. The highest BCUT2D eigenvalue weighted by molar-refractivity contribution is 7.89. The van der Waals surface area contributed by atoms with Crippen LogP contribution in [0.2, 0.25) is 5.02 Å². The van der Waals surface area contributed by atoms with E-state index < -0.39 is 21.7 Å². The molecule has 0 radical (unpaired) electrons. The molecule has 150 valence electrons. The van der Waals surface area contributed by atoms with E-state index in [1.807, 2.05) is 0 Å². The Bertz CT molecular complexity index is 988. The van der Waals surface area contributed by atoms with Gasteiger partial charge in [0.2, 0.25) is 10.0 Å². The summed E-state index contributed by atoms with van der Waals surface area (Å²) in [7, 11) is -3.94. The van der Waals surface area contributed by atoms with E-state index in [0.717, 1.165) is 31.7 Å². The Morgan fingerprint density at radius 3 is 2.29 bits per heavy atom. The monoisotopic (exact) mass is 426 g/mol. The van der Waals surface area contributed by atoms with Gasteiger partial charge in [-0.15, -0.1) is 0 Å². The van der Waals surface area contributed by atoms with Crippen LogP contribution in [0.1, 0.15) is 31.2 Å². The Labute approximate surface area is 168 Å². The number of hydrogen-bond donors (Lipinski definition) is 1. The van der Waals surface area contributed by atoms with Crippen LogP contribution in [-0.4, -0.2) is 25.8 Å². The molecule has 0 aliphatic carbocycles. The second kappa shape index (κ2) is 8.59. The predicted octanol–water partition coefficient (Wildman–Crippen LogP) is 5.27. The first-order valence-corrected chi connectivity index (χ1v) is 10.8. The Hall–Kier alpha value is -1.96. The second-order valence-electron chi connectivity index (χ2n) is 6.70. The maximum absolute atomic E-state index is 14.4. The van der Waals surface area contributed by atoms with Gasteiger partial charge < -0.3 is 5.32 Å². The van der Waals surface area contributed by atoms with Crippen molar-refractivity contribution in [1.82, 2.24) is 4.31 Å². The summed E-state index contributed by atoms with van der Waals surface area (Å²) in [5.74, 6) is -1.35. The third-order valence-corrected chi connectivity index (χ3v) is 6.88. The summed E-state index contributed by atoms with van der Waals surface area (Å²) in [6.45, 7) is 4.65. The van der Waals surface area contributed by atoms with Crippen LogP contribution in [0.25, 0.3) is 5.70 Å². The first-order valence-electron chi connectivity index (χ1n) is 9.00. The van der Waals surface area contributed by atoms with Crippen molar-refractivity contribution < 1.29 is 17.2 Å². The molecule has 3 rings (SSSR count). The minimum Gasteiger partial charge on any atom is -0.355 e. The average molecular weight is 427 g/mol. The summed E-state index contributed by atoms with van der Waals surface area (Å²) in [6.07, 6.45) is 3.46. The second-order valence-corrected chi connectivity index (χ2v) is 9.01. The van der Waals surface area contributed by atoms with Gasteiger partial charge in [0.25, 0.3) is 0 Å². The van der Waals surface area contributed by atoms with E-state index >= 15 is 0 Å². The van der Waals surface area contributed by atoms with Crippen molar-refractivity contribution in [2.75, 3.05) is 18.4 Å². The molecule has 0 saturated carbocycles. The van der Waals surface area contributed by atoms with E-state index in [4.69, 9.17) is 11.6 Å². The third-order valence-electron chi connectivity index (χ3n) is 4.68. The molecule has 1 heterocycles. The van der Waals surface area contributed by atoms with E-state index in [-0.39, 0.29) is 9.92 Å². The van der Waals surface area contributed by atoms with Crippen molar-refractivity contribution in [2.24, 2.45) is 0 Å². The molecule has 8 heteroatoms. The molecule has 1 saturated heterocycles. The van der Waals surface area contributed by atoms with Gasteiger partial charge in [-0.1, -0.05) is 31.0 Å². The summed E-state index contributed by atoms with van der Waals surface area (Å²) in [6, 6.07) is 7.90. The van der Waals surface area contributed by atoms with Crippen molar-refractivity contribution in [3.8, 4) is 0 Å². The fraction of sp³-hybridized carbons (Fsp3) is 0.300. The zero-order valence-electron chi connectivity index (χ0n) is 15.2. The summed E-state index contributed by atoms with van der Waals surface area (Å²) >= 11 is 5.77. The molecule has 2 aromatic carbocycles. The minimum atomic E-state index is -3.94. The van der Waals surface area contributed by atoms with Gasteiger partial charge in [-0.05, 0) is 54.8 Å². The lowest BCUT2D eigenvalue weighted by atomic mass is 10.1. The van der Waals surface area contributed by atoms with E-state index in [9.17, 15) is 17.2 Å². The largest absolute Gasteiger partial charge is 0.355 e. The fourth-order valence-corrected chi connectivity index (χ4v) is 4.92. The van der Waals surface area contributed by atoms with Gasteiger partial charge >= 0.3 is 0 Å². The molecule has 0 unspecified atom stereocenters. The molecular weight excluding hydrogens is 406 g/mol. The van der Waals surface area contributed by atoms with Crippen LogP contribution >= 0.6 is 11.6 Å². The lowest BCUT2D eigenvalue weighted by molar-refractivity contribution is 0.419. The molecule has 1 aliphatic rings. The van der Waals surface area contributed by atoms with Crippen LogP contribution in [0.3, 0.4) is 0 Å². The molecule has 2 aromatic rings. The fourth-order valence-electron chi connectivity index (χ4n) is 3.13. The van der Waals surface area contributed by atoms with Crippen LogP contribution in [-0.2, 0) is 10.0 Å². The van der Waals surface area contributed by atoms with Crippen molar-refractivity contribution in [3.05, 3.63) is 65.2 Å². The molecule has 1 fully saturated rings. The lowest BCUT2D eigenvalue weighted by Gasteiger charge is -2.21. The first kappa shape index (κ1) is 20.8. The average Bonchev–Trinajstić information content (AvgIpc) is 2.95. The predicted molar refractivity (Wildman–Crippen MR) is 108 cm³/mol. The maximum atomic E-state index is 14.4. The number of sulfonamides is 1. The third kappa shape index (κ3) is 4.54. The first-order chi connectivity index (χ1) is 13.3. The smallest absolute Gasteiger partial charge is 0.246 e. The Morgan fingerprint density at radius 1 is 1.00 bits per heavy atom. The summed E-state index contributed by atoms with van der Waals surface area (Å²) < 4.78 is 54.9. The quantitative estimate of drug-likeness (QED) is 0.708. The van der Waals surface area contributed by atoms with Crippen molar-refractivity contribution in [1.29, 1.82) is 0 Å². The van der Waals surface area contributed by atoms with Gasteiger partial charge in [0.15, 0.2) is 0 Å². The van der Waals surface area contributed by atoms with Crippen LogP contribution in [0, 0.1) is 11.6 Å². The number of nitrogens with zero attached hydrogens (tertiary/aromatic N) is 1. The van der Waals surface area contributed by atoms with Crippen LogP contribution in [0.4, 0.5) is 14.5 Å². The summed E-state index contributed by atoms with van der Waals surface area (Å²) in [5.41, 5.74) is 1.24. The highest BCUT2D eigenvalue weighted by Gasteiger charge is 2.28. The Morgan fingerprint density at radius 2 is 1.64 bits per heavy atom. The number of anilines is 1. The molecule has 1 N–H and O–H groups in total. The van der Waals surface area contributed by atoms with Gasteiger partial charge in [0, 0.05) is 24.5 Å². The number of hydrogen-bond acceptors (Lipinski definition) is 3. The summed E-state index contributed by atoms with van der Waals surface area (Å²) in [5, 5.41) is 2.88. The van der Waals surface area contributed by atoms with Gasteiger partial charge in [-0.25, -0.2) is 17.2 Å². The minimum absolute atomic E-state index is 0.0543. The zero-order valence-corrected chi connectivity index (χ0v) is 16.8. The zero-order chi connectivity index (χ0) is 20.3. The Balaban J connectivity index is 1.87. The van der Waals surface area contributed by atoms with Crippen molar-refractivity contribution in [3.63, 3.8) is 0 Å². The topological polar surface area (TPSA) is 49.4 Å². The molecular formula is C20H21ClF2N2O2S. The molecule has 0 atom stereocenters. The Kier molecular flexibility index (Phi) is 6.37. The van der Waals surface area contributed by atoms with E-state index in [2.05, 4.69) is 11.9 Å². The van der Waals surface area contributed by atoms with Crippen molar-refractivity contribution >= 4 is 33.0 Å². The van der Waals surface area contributed by atoms with E-state index in [0.29, 0.717) is 30.0 Å². The van der Waals surface area contributed by atoms with Gasteiger partial charge in [-0.2, -0.15) is 4.31 Å². The lowest BCUT2D eigenvalue weighted by Crippen LogP contribution is -2.32. The van der Waals surface area contributed by atoms with E-state index in [1.165, 1.54) is 34.6 Å². The highest BCUT2D eigenvalue weighted by Crippen LogP contribution is 2.27. The van der Waals surface area contributed by atoms with Crippen molar-refractivity contribution in [2.45, 2.75) is 30.6 Å². The highest BCUT2D eigenvalue weighted by atomic mass is 35.5. The van der Waals surface area contributed by atoms with Gasteiger partial charge in [-0.3, -0.25) is 0 Å². The van der Waals surface area contributed by atoms with Crippen LogP contribution in [0.5, 0.6) is 0 Å². The molecule has 0 amide bonds. The van der Waals surface area contributed by atoms with Crippen LogP contribution < -0.4 is 5.32 Å². The maximum Gasteiger partial charge on any atom is 0.246 e. The molecule has 28 heavy (non-hydrogen) atoms. The molecule has 4 nitrogen and oxygen atoms in total. The summed E-state index contributed by atoms with van der Waals surface area (Å²) in [4.78, 5) is -0.369. The number of benzene rings is 2. The standard InChI is InChI=1S/C20H21ClF2N2O2S/c1-14(24-16-7-9-18(22)17(21)13-16)15-6-8-19(23)20(12-15)28(26,27)25-10-4-2-3-5-11-25/h6-9,12-13,24H,1-5,10-11H2. The number of rotatable bonds is 5. The van der Waals surface area contributed by atoms with Gasteiger partial charge in [0.05, 0.1) is 5.02 Å². The SMILES string of the molecule is C=C(Nc1ccc(F)c(Cl)c1)c1ccc(F)c(S(=O)(=O)N2CCCCCC2)c1. The van der Waals surface area contributed by atoms with Gasteiger partial charge in [0.1, 0.15) is 16.5 Å². The molecule has 0 bridgehead atoms. The molecule has 0 aromatic heterocycles. The molecule has 1 aliphatic heterocycles. The number of nitrogens with one attached hydrogen (secondary N) is 1. The molecule has 0 spiro atoms. The van der Waals surface area contributed by atoms with E-state index in [1.54, 1.807) is 0 Å².